The van der Waals surface area contributed by atoms with Gasteiger partial charge >= 0.3 is 6.18 Å². The monoisotopic (exact) mass is 1020 g/mol. The van der Waals surface area contributed by atoms with Crippen LogP contribution in [0.1, 0.15) is 53.6 Å². The molecule has 1 aromatic carbocycles. The Bertz CT molecular complexity index is 2480. The minimum absolute atomic E-state index is 0. The zero-order valence-electron chi connectivity index (χ0n) is 34.0. The summed E-state index contributed by atoms with van der Waals surface area (Å²) in [5.74, 6) is 0. The van der Waals surface area contributed by atoms with Crippen molar-refractivity contribution in [3.63, 3.8) is 0 Å². The van der Waals surface area contributed by atoms with E-state index < -0.39 is 11.9 Å². The van der Waals surface area contributed by atoms with Crippen LogP contribution >= 0.6 is 114 Å². The lowest BCUT2D eigenvalue weighted by Crippen LogP contribution is -2.07. The number of thiophene rings is 6. The molecule has 9 rings (SSSR count). The Morgan fingerprint density at radius 2 is 1.13 bits per heavy atom. The minimum Gasteiger partial charge on any atom is -0.249 e. The van der Waals surface area contributed by atoms with Crippen LogP contribution in [0.2, 0.25) is 18.0 Å². The molecule has 2 nitrogen and oxygen atoms in total. The minimum atomic E-state index is -4.33. The highest BCUT2D eigenvalue weighted by atomic mass is 35.5. The van der Waals surface area contributed by atoms with Crippen LogP contribution in [0.25, 0.3) is 20.3 Å². The first-order valence-corrected chi connectivity index (χ1v) is 24.4. The number of fused-ring (bicyclic) bond motifs is 2. The third-order valence-corrected chi connectivity index (χ3v) is 14.1. The third-order valence-electron chi connectivity index (χ3n) is 7.24. The summed E-state index contributed by atoms with van der Waals surface area (Å²) in [6, 6.07) is 32.7. The number of rotatable bonds is 0. The van der Waals surface area contributed by atoms with Crippen molar-refractivity contribution in [3.05, 3.63) is 179 Å². The van der Waals surface area contributed by atoms with Crippen LogP contribution in [0.3, 0.4) is 0 Å². The van der Waals surface area contributed by atoms with Crippen LogP contribution in [-0.2, 0) is 6.18 Å². The first kappa shape index (κ1) is 54.3. The van der Waals surface area contributed by atoms with Crippen molar-refractivity contribution < 1.29 is 13.2 Å². The van der Waals surface area contributed by atoms with Crippen LogP contribution in [-0.4, -0.2) is 9.97 Å². The predicted molar refractivity (Wildman–Crippen MR) is 273 cm³/mol. The second kappa shape index (κ2) is 27.4. The number of nitrogens with zero attached hydrogens (tertiary/aromatic N) is 2. The summed E-state index contributed by atoms with van der Waals surface area (Å²) >= 11 is 32.5. The fraction of sp³-hybridized carbons (Fsp3) is 0.217. The van der Waals surface area contributed by atoms with Gasteiger partial charge in [-0.05, 0) is 145 Å². The average Bonchev–Trinajstić information content (AvgIpc) is 4.05. The summed E-state index contributed by atoms with van der Waals surface area (Å²) in [6.45, 7) is 16.1. The molecule has 0 bridgehead atoms. The van der Waals surface area contributed by atoms with E-state index in [0.29, 0.717) is 15.1 Å². The van der Waals surface area contributed by atoms with Gasteiger partial charge in [-0.25, -0.2) is 9.97 Å². The van der Waals surface area contributed by atoms with Crippen molar-refractivity contribution >= 4 is 135 Å². The van der Waals surface area contributed by atoms with Gasteiger partial charge < -0.3 is 0 Å². The van der Waals surface area contributed by atoms with Crippen molar-refractivity contribution in [2.45, 2.75) is 69.0 Å². The van der Waals surface area contributed by atoms with Crippen LogP contribution < -0.4 is 0 Å². The van der Waals surface area contributed by atoms with Gasteiger partial charge in [-0.2, -0.15) is 13.2 Å². The van der Waals surface area contributed by atoms with Gasteiger partial charge in [0, 0.05) is 51.2 Å². The Balaban J connectivity index is 0.000000247. The summed E-state index contributed by atoms with van der Waals surface area (Å²) in [6.07, 6.45) is -2.50. The van der Waals surface area contributed by atoms with E-state index >= 15 is 0 Å². The molecule has 0 radical (unpaired) electrons. The lowest BCUT2D eigenvalue weighted by Gasteiger charge is -2.04. The lowest BCUT2D eigenvalue weighted by atomic mass is 10.2. The molecule has 0 atom stereocenters. The van der Waals surface area contributed by atoms with Crippen molar-refractivity contribution in [2.24, 2.45) is 0 Å². The molecule has 8 heterocycles. The van der Waals surface area contributed by atoms with Crippen molar-refractivity contribution in [1.29, 1.82) is 0 Å². The van der Waals surface area contributed by atoms with Gasteiger partial charge in [-0.3, -0.25) is 0 Å². The Hall–Kier alpha value is -2.81. The average molecular weight is 1020 g/mol. The van der Waals surface area contributed by atoms with E-state index in [2.05, 4.69) is 91.6 Å². The molecule has 0 aliphatic rings. The molecule has 15 heteroatoms. The van der Waals surface area contributed by atoms with E-state index in [1.807, 2.05) is 74.7 Å². The van der Waals surface area contributed by atoms with E-state index in [1.165, 1.54) is 75.8 Å². The summed E-state index contributed by atoms with van der Waals surface area (Å²) in [4.78, 5) is 16.5. The van der Waals surface area contributed by atoms with Gasteiger partial charge in [-0.15, -0.1) is 68.0 Å². The molecule has 0 saturated carbocycles. The number of hydrogen-bond donors (Lipinski definition) is 0. The maximum Gasteiger partial charge on any atom is 0.433 e. The second-order valence-electron chi connectivity index (χ2n) is 12.7. The fourth-order valence-corrected chi connectivity index (χ4v) is 10.4. The van der Waals surface area contributed by atoms with Crippen molar-refractivity contribution in [1.82, 2.24) is 9.97 Å². The Morgan fingerprint density at radius 1 is 0.525 bits per heavy atom. The summed E-state index contributed by atoms with van der Waals surface area (Å²) in [5.41, 5.74) is 0.886. The quantitative estimate of drug-likeness (QED) is 0.151. The molecule has 8 aromatic heterocycles. The van der Waals surface area contributed by atoms with Gasteiger partial charge in [0.2, 0.25) is 0 Å². The normalized spacial score (nSPS) is 10.1. The number of benzene rings is 1. The summed E-state index contributed by atoms with van der Waals surface area (Å²) in [5, 5.41) is 5.37. The highest BCUT2D eigenvalue weighted by Crippen LogP contribution is 2.31. The first-order chi connectivity index (χ1) is 28.3. The van der Waals surface area contributed by atoms with Crippen molar-refractivity contribution in [2.75, 3.05) is 0 Å². The van der Waals surface area contributed by atoms with E-state index in [4.69, 9.17) is 46.4 Å². The molecule has 0 amide bonds. The maximum atomic E-state index is 11.9. The molecule has 0 spiro atoms. The lowest BCUT2D eigenvalue weighted by molar-refractivity contribution is -0.141. The molecule has 0 aliphatic carbocycles. The SMILES string of the molecule is C.Cc1cc(Cl)c(Cl)s1.Cc1cc2cccnc2s1.Cc1ccc(Cl)s1.Cc1ccc(Cl)s1.Cc1ccc2cc(C)sc2c1.Cc1cccc(C(F)(F)F)n1.Cc1cccs1. The Morgan fingerprint density at radius 3 is 1.52 bits per heavy atom. The number of pyridine rings is 2. The van der Waals surface area contributed by atoms with Gasteiger partial charge in [0.15, 0.2) is 0 Å². The fourth-order valence-electron chi connectivity index (χ4n) is 4.60. The Kier molecular flexibility index (Phi) is 24.4. The number of alkyl halides is 3. The predicted octanol–water partition coefficient (Wildman–Crippen LogP) is 20.0. The third kappa shape index (κ3) is 21.4. The number of aryl methyl sites for hydroxylation is 8. The molecule has 9 aromatic rings. The number of halogens is 7. The molecular weight excluding hydrogens is 972 g/mol. The van der Waals surface area contributed by atoms with Crippen molar-refractivity contribution in [3.8, 4) is 0 Å². The van der Waals surface area contributed by atoms with Crippen LogP contribution in [0.5, 0.6) is 0 Å². The molecule has 61 heavy (non-hydrogen) atoms. The largest absolute Gasteiger partial charge is 0.433 e. The Labute approximate surface area is 402 Å². The highest BCUT2D eigenvalue weighted by molar-refractivity contribution is 7.19. The number of hydrogen-bond acceptors (Lipinski definition) is 8. The number of aromatic nitrogens is 2. The molecule has 0 fully saturated rings. The van der Waals surface area contributed by atoms with E-state index in [0.717, 1.165) is 24.4 Å². The van der Waals surface area contributed by atoms with Gasteiger partial charge in [0.05, 0.1) is 13.7 Å². The van der Waals surface area contributed by atoms with Gasteiger partial charge in [0.1, 0.15) is 14.9 Å². The van der Waals surface area contributed by atoms with Crippen LogP contribution in [0, 0.1) is 55.4 Å². The van der Waals surface area contributed by atoms with Gasteiger partial charge in [-0.1, -0.05) is 84.2 Å². The molecule has 326 valence electrons. The standard InChI is InChI=1S/C10H10S.C8H7NS.C7H6F3N.C5H4Cl2S.2C5H5ClS.C5H6S.CH4/c1-7-3-4-9-6-8(2)11-10(9)5-7;1-6-5-7-3-2-4-9-8(7)10-6;1-5-3-2-4-6(11-5)7(8,9)10;1-3-2-4(6)5(7)8-3;2*1-4-2-3-5(6)7-4;1-5-3-2-4-6-5;/h3-6H,1-2H3;2-5H,1H3;2-4H,1H3;2H,1H3;2*2-3H,1H3;2-4H,1H3;1H4. The molecule has 0 saturated heterocycles. The highest BCUT2D eigenvalue weighted by Gasteiger charge is 2.32. The van der Waals surface area contributed by atoms with E-state index in [1.54, 1.807) is 45.3 Å². The van der Waals surface area contributed by atoms with Crippen LogP contribution in [0.15, 0.2) is 115 Å². The topological polar surface area (TPSA) is 25.8 Å². The van der Waals surface area contributed by atoms with Gasteiger partial charge in [0.25, 0.3) is 0 Å². The summed E-state index contributed by atoms with van der Waals surface area (Å²) < 4.78 is 39.6. The van der Waals surface area contributed by atoms with Crippen LogP contribution in [0.4, 0.5) is 13.2 Å². The van der Waals surface area contributed by atoms with E-state index in [-0.39, 0.29) is 7.43 Å². The smallest absolute Gasteiger partial charge is 0.249 e. The molecular formula is C46H47Cl4F3N2S6. The summed E-state index contributed by atoms with van der Waals surface area (Å²) in [7, 11) is 0. The zero-order chi connectivity index (χ0) is 44.4. The maximum absolute atomic E-state index is 11.9. The molecule has 0 aliphatic heterocycles. The second-order valence-corrected chi connectivity index (χ2v) is 22.5. The molecule has 0 N–H and O–H groups in total. The zero-order valence-corrected chi connectivity index (χ0v) is 41.9. The first-order valence-electron chi connectivity index (χ1n) is 17.9. The van der Waals surface area contributed by atoms with E-state index in [9.17, 15) is 13.2 Å². The molecule has 0 unspecified atom stereocenters.